The van der Waals surface area contributed by atoms with E-state index in [1.165, 1.54) is 11.1 Å². The molecule has 0 aliphatic heterocycles. The van der Waals surface area contributed by atoms with E-state index >= 15 is 0 Å². The molecule has 0 aromatic heterocycles. The van der Waals surface area contributed by atoms with Gasteiger partial charge in [0.2, 0.25) is 0 Å². The van der Waals surface area contributed by atoms with Crippen molar-refractivity contribution < 1.29 is 5.11 Å². The number of hydrogen-bond acceptors (Lipinski definition) is 2. The largest absolute Gasteiger partial charge is 0.396 e. The second-order valence-electron chi connectivity index (χ2n) is 4.24. The lowest BCUT2D eigenvalue weighted by Gasteiger charge is -2.11. The first-order chi connectivity index (χ1) is 7.22. The summed E-state index contributed by atoms with van der Waals surface area (Å²) in [5.74, 6) is 0.541. The van der Waals surface area contributed by atoms with E-state index < -0.39 is 0 Å². The Morgan fingerprint density at radius 3 is 2.87 bits per heavy atom. The van der Waals surface area contributed by atoms with Crippen LogP contribution in [-0.2, 0) is 6.54 Å². The first kappa shape index (κ1) is 12.2. The monoisotopic (exact) mass is 207 g/mol. The van der Waals surface area contributed by atoms with Crippen molar-refractivity contribution in [1.29, 1.82) is 0 Å². The van der Waals surface area contributed by atoms with Gasteiger partial charge in [-0.15, -0.1) is 0 Å². The molecule has 2 nitrogen and oxygen atoms in total. The third-order valence-electron chi connectivity index (χ3n) is 2.53. The molecule has 0 heterocycles. The summed E-state index contributed by atoms with van der Waals surface area (Å²) in [6.45, 7) is 6.43. The van der Waals surface area contributed by atoms with Gasteiger partial charge in [-0.25, -0.2) is 0 Å². The summed E-state index contributed by atoms with van der Waals surface area (Å²) in [7, 11) is 0. The molecule has 2 heteroatoms. The zero-order chi connectivity index (χ0) is 11.1. The molecule has 0 amide bonds. The van der Waals surface area contributed by atoms with Crippen LogP contribution in [0.15, 0.2) is 24.3 Å². The third kappa shape index (κ3) is 4.96. The Balaban J connectivity index is 2.25. The van der Waals surface area contributed by atoms with Gasteiger partial charge in [-0.05, 0) is 31.4 Å². The molecular weight excluding hydrogens is 186 g/mol. The first-order valence-corrected chi connectivity index (χ1v) is 5.59. The third-order valence-corrected chi connectivity index (χ3v) is 2.53. The molecule has 15 heavy (non-hydrogen) atoms. The van der Waals surface area contributed by atoms with Gasteiger partial charge in [0.15, 0.2) is 0 Å². The van der Waals surface area contributed by atoms with Crippen LogP contribution in [0, 0.1) is 12.8 Å². The molecule has 0 aliphatic carbocycles. The molecular formula is C13H21NO. The van der Waals surface area contributed by atoms with Gasteiger partial charge in [0.25, 0.3) is 0 Å². The highest BCUT2D eigenvalue weighted by Gasteiger charge is 2.00. The van der Waals surface area contributed by atoms with Crippen LogP contribution < -0.4 is 5.32 Å². The lowest BCUT2D eigenvalue weighted by atomic mass is 10.1. The Labute approximate surface area is 92.3 Å². The second kappa shape index (κ2) is 6.59. The van der Waals surface area contributed by atoms with Gasteiger partial charge in [0, 0.05) is 13.2 Å². The van der Waals surface area contributed by atoms with E-state index in [0.29, 0.717) is 5.92 Å². The summed E-state index contributed by atoms with van der Waals surface area (Å²) in [5.41, 5.74) is 2.63. The maximum atomic E-state index is 8.76. The highest BCUT2D eigenvalue weighted by atomic mass is 16.3. The number of benzene rings is 1. The molecule has 1 unspecified atom stereocenters. The minimum Gasteiger partial charge on any atom is -0.396 e. The van der Waals surface area contributed by atoms with Crippen molar-refractivity contribution in [1.82, 2.24) is 5.32 Å². The highest BCUT2D eigenvalue weighted by molar-refractivity contribution is 5.21. The van der Waals surface area contributed by atoms with Gasteiger partial charge < -0.3 is 10.4 Å². The summed E-state index contributed by atoms with van der Waals surface area (Å²) in [6, 6.07) is 8.53. The molecule has 2 N–H and O–H groups in total. The summed E-state index contributed by atoms with van der Waals surface area (Å²) >= 11 is 0. The Bertz CT molecular complexity index is 286. The predicted octanol–water partition coefficient (Wildman–Crippen LogP) is 2.10. The quantitative estimate of drug-likeness (QED) is 0.748. The van der Waals surface area contributed by atoms with Gasteiger partial charge in [-0.3, -0.25) is 0 Å². The van der Waals surface area contributed by atoms with Crippen molar-refractivity contribution >= 4 is 0 Å². The standard InChI is InChI=1S/C13H21NO/c1-11-4-3-5-13(8-11)10-14-9-12(2)6-7-15/h3-5,8,12,14-15H,6-7,9-10H2,1-2H3. The topological polar surface area (TPSA) is 32.3 Å². The molecule has 1 aromatic rings. The van der Waals surface area contributed by atoms with Crippen molar-refractivity contribution in [2.24, 2.45) is 5.92 Å². The molecule has 0 spiro atoms. The highest BCUT2D eigenvalue weighted by Crippen LogP contribution is 2.04. The number of nitrogens with one attached hydrogen (secondary N) is 1. The average molecular weight is 207 g/mol. The van der Waals surface area contributed by atoms with E-state index in [0.717, 1.165) is 19.5 Å². The second-order valence-corrected chi connectivity index (χ2v) is 4.24. The van der Waals surface area contributed by atoms with Crippen molar-refractivity contribution in [3.8, 4) is 0 Å². The van der Waals surface area contributed by atoms with E-state index in [4.69, 9.17) is 5.11 Å². The van der Waals surface area contributed by atoms with E-state index in [-0.39, 0.29) is 6.61 Å². The Morgan fingerprint density at radius 1 is 1.40 bits per heavy atom. The minimum absolute atomic E-state index is 0.285. The van der Waals surface area contributed by atoms with Crippen LogP contribution in [0.3, 0.4) is 0 Å². The molecule has 0 fully saturated rings. The van der Waals surface area contributed by atoms with Crippen molar-refractivity contribution in [2.45, 2.75) is 26.8 Å². The van der Waals surface area contributed by atoms with Crippen LogP contribution in [0.5, 0.6) is 0 Å². The molecule has 0 bridgehead atoms. The van der Waals surface area contributed by atoms with E-state index in [2.05, 4.69) is 43.4 Å². The Morgan fingerprint density at radius 2 is 2.20 bits per heavy atom. The van der Waals surface area contributed by atoms with Crippen LogP contribution in [0.4, 0.5) is 0 Å². The fourth-order valence-electron chi connectivity index (χ4n) is 1.61. The molecule has 1 atom stereocenters. The molecule has 0 aliphatic rings. The van der Waals surface area contributed by atoms with Crippen molar-refractivity contribution in [3.05, 3.63) is 35.4 Å². The zero-order valence-corrected chi connectivity index (χ0v) is 9.66. The van der Waals surface area contributed by atoms with Gasteiger partial charge in [0.1, 0.15) is 0 Å². The maximum Gasteiger partial charge on any atom is 0.0434 e. The number of aliphatic hydroxyl groups excluding tert-OH is 1. The van der Waals surface area contributed by atoms with Crippen LogP contribution in [0.1, 0.15) is 24.5 Å². The number of hydrogen-bond donors (Lipinski definition) is 2. The Kier molecular flexibility index (Phi) is 5.37. The van der Waals surface area contributed by atoms with Crippen LogP contribution in [0.2, 0.25) is 0 Å². The van der Waals surface area contributed by atoms with Crippen LogP contribution in [0.25, 0.3) is 0 Å². The molecule has 1 rings (SSSR count). The fourth-order valence-corrected chi connectivity index (χ4v) is 1.61. The smallest absolute Gasteiger partial charge is 0.0434 e. The lowest BCUT2D eigenvalue weighted by Crippen LogP contribution is -2.21. The SMILES string of the molecule is Cc1cccc(CNCC(C)CCO)c1. The number of rotatable bonds is 6. The van der Waals surface area contributed by atoms with Crippen molar-refractivity contribution in [3.63, 3.8) is 0 Å². The maximum absolute atomic E-state index is 8.76. The van der Waals surface area contributed by atoms with Crippen LogP contribution in [-0.4, -0.2) is 18.3 Å². The normalized spacial score (nSPS) is 12.7. The van der Waals surface area contributed by atoms with Gasteiger partial charge in [0.05, 0.1) is 0 Å². The lowest BCUT2D eigenvalue weighted by molar-refractivity contribution is 0.260. The molecule has 1 aromatic carbocycles. The van der Waals surface area contributed by atoms with E-state index in [1.807, 2.05) is 0 Å². The van der Waals surface area contributed by atoms with Crippen LogP contribution >= 0.6 is 0 Å². The molecule has 0 saturated carbocycles. The molecule has 0 radical (unpaired) electrons. The molecule has 84 valence electrons. The predicted molar refractivity (Wildman–Crippen MR) is 63.8 cm³/mol. The Hall–Kier alpha value is -0.860. The van der Waals surface area contributed by atoms with Gasteiger partial charge in [-0.1, -0.05) is 36.8 Å². The number of aryl methyl sites for hydroxylation is 1. The van der Waals surface area contributed by atoms with Gasteiger partial charge in [-0.2, -0.15) is 0 Å². The van der Waals surface area contributed by atoms with Gasteiger partial charge >= 0.3 is 0 Å². The zero-order valence-electron chi connectivity index (χ0n) is 9.66. The van der Waals surface area contributed by atoms with E-state index in [9.17, 15) is 0 Å². The average Bonchev–Trinajstić information content (AvgIpc) is 2.18. The summed E-state index contributed by atoms with van der Waals surface area (Å²) in [6.07, 6.45) is 0.876. The minimum atomic E-state index is 0.285. The summed E-state index contributed by atoms with van der Waals surface area (Å²) < 4.78 is 0. The van der Waals surface area contributed by atoms with Crippen molar-refractivity contribution in [2.75, 3.05) is 13.2 Å². The first-order valence-electron chi connectivity index (χ1n) is 5.59. The van der Waals surface area contributed by atoms with E-state index in [1.54, 1.807) is 0 Å². The summed E-state index contributed by atoms with van der Waals surface area (Å²) in [4.78, 5) is 0. The fraction of sp³-hybridized carbons (Fsp3) is 0.538. The number of aliphatic hydroxyl groups is 1. The molecule has 0 saturated heterocycles. The summed E-state index contributed by atoms with van der Waals surface area (Å²) in [5, 5.41) is 12.2.